The van der Waals surface area contributed by atoms with Crippen LogP contribution in [0.3, 0.4) is 0 Å². The van der Waals surface area contributed by atoms with Gasteiger partial charge in [-0.1, -0.05) is 19.3 Å². The van der Waals surface area contributed by atoms with Gasteiger partial charge < -0.3 is 10.0 Å². The number of rotatable bonds is 4. The van der Waals surface area contributed by atoms with Gasteiger partial charge in [0.2, 0.25) is 0 Å². The molecule has 0 spiro atoms. The summed E-state index contributed by atoms with van der Waals surface area (Å²) >= 11 is 0. The third-order valence-corrected chi connectivity index (χ3v) is 5.36. The van der Waals surface area contributed by atoms with Crippen LogP contribution in [0.15, 0.2) is 0 Å². The number of hydrogen-bond acceptors (Lipinski definition) is 3. The molecule has 0 bridgehead atoms. The number of nitrogens with zero attached hydrogens (tertiary/aromatic N) is 1. The van der Waals surface area contributed by atoms with Crippen molar-refractivity contribution < 1.29 is 9.90 Å². The predicted octanol–water partition coefficient (Wildman–Crippen LogP) is 2.38. The molecule has 2 unspecified atom stereocenters. The maximum Gasteiger partial charge on any atom is 0.323 e. The fourth-order valence-electron chi connectivity index (χ4n) is 3.97. The van der Waals surface area contributed by atoms with Crippen molar-refractivity contribution in [3.63, 3.8) is 0 Å². The number of carbonyl (C=O) groups is 1. The third-order valence-electron chi connectivity index (χ3n) is 5.36. The molecule has 0 amide bonds. The molecule has 3 fully saturated rings. The van der Waals surface area contributed by atoms with E-state index in [9.17, 15) is 9.90 Å². The predicted molar refractivity (Wildman–Crippen MR) is 78.8 cm³/mol. The average Bonchev–Trinajstić information content (AvgIpc) is 3.07. The Balaban J connectivity index is 1.62. The van der Waals surface area contributed by atoms with Crippen LogP contribution in [0.1, 0.15) is 64.2 Å². The van der Waals surface area contributed by atoms with Crippen molar-refractivity contribution in [1.82, 2.24) is 10.2 Å². The summed E-state index contributed by atoms with van der Waals surface area (Å²) < 4.78 is 0. The average molecular weight is 280 g/mol. The summed E-state index contributed by atoms with van der Waals surface area (Å²) in [6, 6.07) is 0.952. The van der Waals surface area contributed by atoms with Crippen LogP contribution < -0.4 is 5.32 Å². The smallest absolute Gasteiger partial charge is 0.323 e. The molecule has 1 saturated heterocycles. The van der Waals surface area contributed by atoms with E-state index >= 15 is 0 Å². The zero-order valence-electron chi connectivity index (χ0n) is 12.4. The molecule has 1 heterocycles. The monoisotopic (exact) mass is 280 g/mol. The minimum atomic E-state index is -0.631. The molecular weight excluding hydrogens is 252 g/mol. The second kappa shape index (κ2) is 6.02. The SMILES string of the molecule is O=C(O)C1(NC2CC2)CCC(N2CCCCCCC2)C1. The van der Waals surface area contributed by atoms with Gasteiger partial charge in [-0.15, -0.1) is 0 Å². The van der Waals surface area contributed by atoms with Crippen LogP contribution in [0, 0.1) is 0 Å². The van der Waals surface area contributed by atoms with Crippen LogP contribution >= 0.6 is 0 Å². The summed E-state index contributed by atoms with van der Waals surface area (Å²) in [5.41, 5.74) is -0.631. The van der Waals surface area contributed by atoms with Gasteiger partial charge in [-0.2, -0.15) is 0 Å². The molecule has 2 atom stereocenters. The van der Waals surface area contributed by atoms with Gasteiger partial charge in [-0.05, 0) is 58.0 Å². The molecule has 2 saturated carbocycles. The second-order valence-corrected chi connectivity index (χ2v) is 7.01. The minimum absolute atomic E-state index is 0.470. The van der Waals surface area contributed by atoms with Crippen molar-refractivity contribution in [2.24, 2.45) is 0 Å². The normalized spacial score (nSPS) is 36.5. The lowest BCUT2D eigenvalue weighted by molar-refractivity contribution is -0.145. The fourth-order valence-corrected chi connectivity index (χ4v) is 3.97. The number of likely N-dealkylation sites (tertiary alicyclic amines) is 1. The van der Waals surface area contributed by atoms with Crippen LogP contribution in [0.5, 0.6) is 0 Å². The Bertz CT molecular complexity index is 348. The molecular formula is C16H28N2O2. The zero-order valence-corrected chi connectivity index (χ0v) is 12.4. The van der Waals surface area contributed by atoms with Gasteiger partial charge in [0.25, 0.3) is 0 Å². The van der Waals surface area contributed by atoms with Crippen LogP contribution in [0.25, 0.3) is 0 Å². The Labute approximate surface area is 121 Å². The van der Waals surface area contributed by atoms with Crippen molar-refractivity contribution >= 4 is 5.97 Å². The Kier molecular flexibility index (Phi) is 4.32. The third kappa shape index (κ3) is 3.17. The van der Waals surface area contributed by atoms with Crippen LogP contribution in [0.2, 0.25) is 0 Å². The van der Waals surface area contributed by atoms with Crippen LogP contribution in [-0.4, -0.2) is 46.7 Å². The summed E-state index contributed by atoms with van der Waals surface area (Å²) in [5.74, 6) is -0.626. The standard InChI is InChI=1S/C16H28N2O2/c19-15(20)16(17-13-6-7-13)9-8-14(12-16)18-10-4-2-1-3-5-11-18/h13-14,17H,1-12H2,(H,19,20). The fraction of sp³-hybridized carbons (Fsp3) is 0.938. The Morgan fingerprint density at radius 1 is 1.05 bits per heavy atom. The highest BCUT2D eigenvalue weighted by atomic mass is 16.4. The minimum Gasteiger partial charge on any atom is -0.480 e. The molecule has 0 aromatic rings. The summed E-state index contributed by atoms with van der Waals surface area (Å²) in [7, 11) is 0. The van der Waals surface area contributed by atoms with Crippen LogP contribution in [-0.2, 0) is 4.79 Å². The van der Waals surface area contributed by atoms with Gasteiger partial charge in [0.15, 0.2) is 0 Å². The first-order chi connectivity index (χ1) is 9.70. The van der Waals surface area contributed by atoms with Gasteiger partial charge >= 0.3 is 5.97 Å². The first-order valence-corrected chi connectivity index (χ1v) is 8.45. The van der Waals surface area contributed by atoms with Gasteiger partial charge in [-0.25, -0.2) is 0 Å². The maximum absolute atomic E-state index is 11.8. The summed E-state index contributed by atoms with van der Waals surface area (Å²) in [6.07, 6.45) is 11.6. The Morgan fingerprint density at radius 3 is 2.30 bits per heavy atom. The molecule has 2 aliphatic carbocycles. The van der Waals surface area contributed by atoms with Crippen LogP contribution in [0.4, 0.5) is 0 Å². The van der Waals surface area contributed by atoms with E-state index in [1.165, 1.54) is 45.2 Å². The van der Waals surface area contributed by atoms with E-state index in [2.05, 4.69) is 10.2 Å². The highest BCUT2D eigenvalue weighted by Crippen LogP contribution is 2.37. The van der Waals surface area contributed by atoms with Gasteiger partial charge in [-0.3, -0.25) is 10.1 Å². The van der Waals surface area contributed by atoms with E-state index in [1.54, 1.807) is 0 Å². The molecule has 4 heteroatoms. The summed E-state index contributed by atoms with van der Waals surface area (Å²) in [6.45, 7) is 2.34. The number of carboxylic acid groups (broad SMARTS) is 1. The molecule has 3 rings (SSSR count). The Morgan fingerprint density at radius 2 is 1.70 bits per heavy atom. The maximum atomic E-state index is 11.8. The lowest BCUT2D eigenvalue weighted by Crippen LogP contribution is -2.52. The molecule has 114 valence electrons. The largest absolute Gasteiger partial charge is 0.480 e. The molecule has 0 aromatic heterocycles. The lowest BCUT2D eigenvalue weighted by Gasteiger charge is -2.32. The van der Waals surface area contributed by atoms with E-state index in [0.29, 0.717) is 12.1 Å². The number of hydrogen-bond donors (Lipinski definition) is 2. The van der Waals surface area contributed by atoms with E-state index in [0.717, 1.165) is 32.1 Å². The van der Waals surface area contributed by atoms with E-state index in [-0.39, 0.29) is 0 Å². The highest BCUT2D eigenvalue weighted by molar-refractivity contribution is 5.79. The highest BCUT2D eigenvalue weighted by Gasteiger charge is 2.49. The lowest BCUT2D eigenvalue weighted by atomic mass is 9.96. The molecule has 0 aromatic carbocycles. The van der Waals surface area contributed by atoms with Crippen molar-refractivity contribution in [3.8, 4) is 0 Å². The summed E-state index contributed by atoms with van der Waals surface area (Å²) in [4.78, 5) is 14.3. The number of aliphatic carboxylic acids is 1. The first-order valence-electron chi connectivity index (χ1n) is 8.45. The van der Waals surface area contributed by atoms with Gasteiger partial charge in [0.05, 0.1) is 0 Å². The van der Waals surface area contributed by atoms with E-state index in [1.807, 2.05) is 0 Å². The molecule has 0 radical (unpaired) electrons. The van der Waals surface area contributed by atoms with Crippen molar-refractivity contribution in [1.29, 1.82) is 0 Å². The molecule has 2 N–H and O–H groups in total. The zero-order chi connectivity index (χ0) is 14.0. The van der Waals surface area contributed by atoms with Crippen molar-refractivity contribution in [3.05, 3.63) is 0 Å². The van der Waals surface area contributed by atoms with Gasteiger partial charge in [0.1, 0.15) is 5.54 Å². The molecule has 4 nitrogen and oxygen atoms in total. The first kappa shape index (κ1) is 14.3. The molecule has 20 heavy (non-hydrogen) atoms. The quantitative estimate of drug-likeness (QED) is 0.830. The topological polar surface area (TPSA) is 52.6 Å². The second-order valence-electron chi connectivity index (χ2n) is 7.01. The van der Waals surface area contributed by atoms with Gasteiger partial charge in [0, 0.05) is 12.1 Å². The number of nitrogens with one attached hydrogen (secondary N) is 1. The molecule has 1 aliphatic heterocycles. The molecule has 3 aliphatic rings. The Hall–Kier alpha value is -0.610. The van der Waals surface area contributed by atoms with E-state index < -0.39 is 11.5 Å². The van der Waals surface area contributed by atoms with E-state index in [4.69, 9.17) is 0 Å². The van der Waals surface area contributed by atoms with Crippen molar-refractivity contribution in [2.75, 3.05) is 13.1 Å². The van der Waals surface area contributed by atoms with Crippen molar-refractivity contribution in [2.45, 2.75) is 81.8 Å². The summed E-state index contributed by atoms with van der Waals surface area (Å²) in [5, 5.41) is 13.1. The number of carboxylic acids is 1.